The molecule has 1 aliphatic heterocycles. The van der Waals surface area contributed by atoms with Crippen LogP contribution in [-0.2, 0) is 4.79 Å². The van der Waals surface area contributed by atoms with Gasteiger partial charge in [-0.2, -0.15) is 0 Å². The van der Waals surface area contributed by atoms with Gasteiger partial charge in [-0.1, -0.05) is 34.1 Å². The largest absolute Gasteiger partial charge is 0.396 e. The molecule has 4 nitrogen and oxygen atoms in total. The maximum absolute atomic E-state index is 12.3. The van der Waals surface area contributed by atoms with Crippen molar-refractivity contribution >= 4 is 5.91 Å². The minimum atomic E-state index is -0.277. The van der Waals surface area contributed by atoms with E-state index in [1.54, 1.807) is 0 Å². The van der Waals surface area contributed by atoms with Crippen molar-refractivity contribution in [1.82, 2.24) is 10.2 Å². The van der Waals surface area contributed by atoms with Crippen molar-refractivity contribution in [3.8, 4) is 0 Å². The van der Waals surface area contributed by atoms with Crippen LogP contribution in [0.4, 0.5) is 0 Å². The average molecular weight is 296 g/mol. The zero-order valence-corrected chi connectivity index (χ0v) is 14.1. The summed E-state index contributed by atoms with van der Waals surface area (Å²) in [5, 5.41) is 13.4. The Morgan fingerprint density at radius 3 is 2.43 bits per heavy atom. The van der Waals surface area contributed by atoms with Crippen molar-refractivity contribution < 1.29 is 9.90 Å². The first-order valence-corrected chi connectivity index (χ1v) is 8.42. The minimum Gasteiger partial charge on any atom is -0.396 e. The van der Waals surface area contributed by atoms with Crippen LogP contribution in [-0.4, -0.2) is 47.7 Å². The Morgan fingerprint density at radius 1 is 1.29 bits per heavy atom. The summed E-state index contributed by atoms with van der Waals surface area (Å²) in [6.45, 7) is 10.1. The van der Waals surface area contributed by atoms with E-state index in [9.17, 15) is 9.90 Å². The fourth-order valence-electron chi connectivity index (χ4n) is 3.71. The van der Waals surface area contributed by atoms with Crippen molar-refractivity contribution in [2.45, 2.75) is 71.9 Å². The van der Waals surface area contributed by atoms with E-state index in [0.29, 0.717) is 12.1 Å². The summed E-state index contributed by atoms with van der Waals surface area (Å²) >= 11 is 0. The highest BCUT2D eigenvalue weighted by Crippen LogP contribution is 2.38. The number of hydrogen-bond acceptors (Lipinski definition) is 3. The molecule has 2 N–H and O–H groups in total. The molecular formula is C17H32N2O2. The molecule has 0 radical (unpaired) electrons. The normalized spacial score (nSPS) is 31.7. The Labute approximate surface area is 129 Å². The summed E-state index contributed by atoms with van der Waals surface area (Å²) < 4.78 is 0. The molecule has 2 fully saturated rings. The third kappa shape index (κ3) is 3.78. The minimum absolute atomic E-state index is 0.0400. The Balaban J connectivity index is 1.83. The first kappa shape index (κ1) is 16.8. The lowest BCUT2D eigenvalue weighted by atomic mass is 9.85. The van der Waals surface area contributed by atoms with E-state index < -0.39 is 0 Å². The number of rotatable bonds is 3. The lowest BCUT2D eigenvalue weighted by Crippen LogP contribution is -2.52. The predicted molar refractivity (Wildman–Crippen MR) is 85.0 cm³/mol. The van der Waals surface area contributed by atoms with Crippen LogP contribution in [0.3, 0.4) is 0 Å². The van der Waals surface area contributed by atoms with Crippen LogP contribution >= 0.6 is 0 Å². The molecule has 0 aromatic heterocycles. The molecule has 2 rings (SSSR count). The van der Waals surface area contributed by atoms with Gasteiger partial charge < -0.3 is 15.3 Å². The number of carbonyl (C=O) groups is 1. The number of piperidine rings is 1. The third-order valence-electron chi connectivity index (χ3n) is 5.30. The molecule has 1 saturated carbocycles. The molecule has 122 valence electrons. The molecule has 2 atom stereocenters. The van der Waals surface area contributed by atoms with E-state index in [2.05, 4.69) is 12.2 Å². The number of carbonyl (C=O) groups excluding carboxylic acids is 1. The van der Waals surface area contributed by atoms with Gasteiger partial charge in [0.2, 0.25) is 5.91 Å². The fraction of sp³-hybridized carbons (Fsp3) is 0.941. The maximum atomic E-state index is 12.3. The second-order valence-corrected chi connectivity index (χ2v) is 8.24. The molecule has 1 saturated heterocycles. The fourth-order valence-corrected chi connectivity index (χ4v) is 3.71. The Bertz CT molecular complexity index is 369. The van der Waals surface area contributed by atoms with Crippen LogP contribution in [0.2, 0.25) is 0 Å². The standard InChI is InChI=1S/C17H32N2O2/c1-16(2,3)15(21)19-10-7-13(8-11-19)18-14-6-5-9-17(14,4)12-20/h13-14,18,20H,5-12H2,1-4H3. The summed E-state index contributed by atoms with van der Waals surface area (Å²) in [6, 6.07) is 0.917. The van der Waals surface area contributed by atoms with Crippen molar-refractivity contribution in [3.63, 3.8) is 0 Å². The lowest BCUT2D eigenvalue weighted by molar-refractivity contribution is -0.140. The van der Waals surface area contributed by atoms with E-state index in [4.69, 9.17) is 0 Å². The molecule has 0 spiro atoms. The van der Waals surface area contributed by atoms with Gasteiger partial charge in [0.1, 0.15) is 0 Å². The molecule has 1 aliphatic carbocycles. The SMILES string of the molecule is CC(C)(C)C(=O)N1CCC(NC2CCCC2(C)CO)CC1. The van der Waals surface area contributed by atoms with Crippen LogP contribution in [0, 0.1) is 10.8 Å². The van der Waals surface area contributed by atoms with Gasteiger partial charge in [0.05, 0.1) is 0 Å². The molecule has 4 heteroatoms. The zero-order valence-electron chi connectivity index (χ0n) is 14.1. The highest BCUT2D eigenvalue weighted by molar-refractivity contribution is 5.81. The number of likely N-dealkylation sites (tertiary alicyclic amines) is 1. The summed E-state index contributed by atoms with van der Waals surface area (Å²) in [5.74, 6) is 0.266. The molecule has 0 aromatic rings. The molecule has 1 amide bonds. The topological polar surface area (TPSA) is 52.6 Å². The smallest absolute Gasteiger partial charge is 0.227 e. The number of aliphatic hydroxyl groups is 1. The van der Waals surface area contributed by atoms with Gasteiger partial charge in [0.15, 0.2) is 0 Å². The molecule has 2 unspecified atom stereocenters. The summed E-state index contributed by atoms with van der Waals surface area (Å²) in [6.07, 6.45) is 5.54. The van der Waals surface area contributed by atoms with Crippen molar-refractivity contribution in [2.75, 3.05) is 19.7 Å². The van der Waals surface area contributed by atoms with Gasteiger partial charge >= 0.3 is 0 Å². The first-order valence-electron chi connectivity index (χ1n) is 8.42. The van der Waals surface area contributed by atoms with Gasteiger partial charge in [0, 0.05) is 42.6 Å². The zero-order chi connectivity index (χ0) is 15.7. The first-order chi connectivity index (χ1) is 9.76. The molecule has 1 heterocycles. The summed E-state index contributed by atoms with van der Waals surface area (Å²) in [4.78, 5) is 14.3. The lowest BCUT2D eigenvalue weighted by Gasteiger charge is -2.39. The number of nitrogens with one attached hydrogen (secondary N) is 1. The summed E-state index contributed by atoms with van der Waals surface area (Å²) in [5.41, 5.74) is -0.237. The molecule has 0 bridgehead atoms. The van der Waals surface area contributed by atoms with Crippen LogP contribution in [0.1, 0.15) is 59.8 Å². The second kappa shape index (κ2) is 6.25. The van der Waals surface area contributed by atoms with Gasteiger partial charge in [-0.05, 0) is 25.7 Å². The maximum Gasteiger partial charge on any atom is 0.227 e. The van der Waals surface area contributed by atoms with E-state index >= 15 is 0 Å². The average Bonchev–Trinajstić information content (AvgIpc) is 2.80. The Kier molecular flexibility index (Phi) is 4.99. The monoisotopic (exact) mass is 296 g/mol. The van der Waals surface area contributed by atoms with Gasteiger partial charge in [0.25, 0.3) is 0 Å². The van der Waals surface area contributed by atoms with E-state index in [1.165, 1.54) is 6.42 Å². The van der Waals surface area contributed by atoms with E-state index in [0.717, 1.165) is 38.8 Å². The quantitative estimate of drug-likeness (QED) is 0.839. The van der Waals surface area contributed by atoms with Gasteiger partial charge in [-0.25, -0.2) is 0 Å². The molecule has 0 aromatic carbocycles. The van der Waals surface area contributed by atoms with E-state index in [1.807, 2.05) is 25.7 Å². The number of aliphatic hydroxyl groups excluding tert-OH is 1. The van der Waals surface area contributed by atoms with Crippen LogP contribution in [0.5, 0.6) is 0 Å². The van der Waals surface area contributed by atoms with Crippen LogP contribution < -0.4 is 5.32 Å². The highest BCUT2D eigenvalue weighted by atomic mass is 16.3. The van der Waals surface area contributed by atoms with E-state index in [-0.39, 0.29) is 23.3 Å². The Hall–Kier alpha value is -0.610. The second-order valence-electron chi connectivity index (χ2n) is 8.24. The van der Waals surface area contributed by atoms with Crippen LogP contribution in [0.25, 0.3) is 0 Å². The van der Waals surface area contributed by atoms with Crippen molar-refractivity contribution in [1.29, 1.82) is 0 Å². The molecular weight excluding hydrogens is 264 g/mol. The van der Waals surface area contributed by atoms with Gasteiger partial charge in [-0.15, -0.1) is 0 Å². The van der Waals surface area contributed by atoms with Gasteiger partial charge in [-0.3, -0.25) is 4.79 Å². The van der Waals surface area contributed by atoms with Crippen molar-refractivity contribution in [2.24, 2.45) is 10.8 Å². The number of nitrogens with zero attached hydrogens (tertiary/aromatic N) is 1. The number of hydrogen-bond donors (Lipinski definition) is 2. The Morgan fingerprint density at radius 2 is 1.90 bits per heavy atom. The number of amides is 1. The van der Waals surface area contributed by atoms with Crippen LogP contribution in [0.15, 0.2) is 0 Å². The summed E-state index contributed by atoms with van der Waals surface area (Å²) in [7, 11) is 0. The third-order valence-corrected chi connectivity index (χ3v) is 5.30. The highest BCUT2D eigenvalue weighted by Gasteiger charge is 2.39. The predicted octanol–water partition coefficient (Wildman–Crippen LogP) is 2.16. The molecule has 2 aliphatic rings. The van der Waals surface area contributed by atoms with Crippen molar-refractivity contribution in [3.05, 3.63) is 0 Å². The molecule has 21 heavy (non-hydrogen) atoms.